The van der Waals surface area contributed by atoms with E-state index in [-0.39, 0.29) is 0 Å². The SMILES string of the molecule is CCCCNc1ccc([N+](=O)[O-])c(F)c1. The van der Waals surface area contributed by atoms with Gasteiger partial charge in [0.25, 0.3) is 0 Å². The van der Waals surface area contributed by atoms with Gasteiger partial charge in [0.2, 0.25) is 5.82 Å². The first kappa shape index (κ1) is 11.4. The molecule has 15 heavy (non-hydrogen) atoms. The summed E-state index contributed by atoms with van der Waals surface area (Å²) in [6.07, 6.45) is 2.03. The molecule has 0 atom stereocenters. The molecule has 0 bridgehead atoms. The quantitative estimate of drug-likeness (QED) is 0.463. The molecule has 4 nitrogen and oxygen atoms in total. The Morgan fingerprint density at radius 1 is 1.53 bits per heavy atom. The van der Waals surface area contributed by atoms with Gasteiger partial charge in [-0.05, 0) is 12.5 Å². The van der Waals surface area contributed by atoms with E-state index in [2.05, 4.69) is 12.2 Å². The largest absolute Gasteiger partial charge is 0.385 e. The van der Waals surface area contributed by atoms with E-state index < -0.39 is 16.4 Å². The molecule has 0 radical (unpaired) electrons. The summed E-state index contributed by atoms with van der Waals surface area (Å²) >= 11 is 0. The lowest BCUT2D eigenvalue weighted by molar-refractivity contribution is -0.387. The van der Waals surface area contributed by atoms with Crippen LogP contribution < -0.4 is 5.32 Å². The van der Waals surface area contributed by atoms with Crippen LogP contribution in [0.2, 0.25) is 0 Å². The van der Waals surface area contributed by atoms with Gasteiger partial charge in [-0.2, -0.15) is 4.39 Å². The van der Waals surface area contributed by atoms with Gasteiger partial charge in [0.15, 0.2) is 0 Å². The molecule has 0 saturated carbocycles. The fourth-order valence-corrected chi connectivity index (χ4v) is 1.17. The monoisotopic (exact) mass is 212 g/mol. The lowest BCUT2D eigenvalue weighted by Crippen LogP contribution is -2.01. The van der Waals surface area contributed by atoms with Crippen molar-refractivity contribution in [2.24, 2.45) is 0 Å². The molecule has 5 heteroatoms. The van der Waals surface area contributed by atoms with Crippen LogP contribution in [0.5, 0.6) is 0 Å². The highest BCUT2D eigenvalue weighted by Gasteiger charge is 2.13. The number of rotatable bonds is 5. The van der Waals surface area contributed by atoms with E-state index in [1.54, 1.807) is 0 Å². The third-order valence-electron chi connectivity index (χ3n) is 2.00. The second-order valence-electron chi connectivity index (χ2n) is 3.20. The van der Waals surface area contributed by atoms with Crippen LogP contribution in [0.15, 0.2) is 18.2 Å². The van der Waals surface area contributed by atoms with Crippen molar-refractivity contribution in [3.8, 4) is 0 Å². The summed E-state index contributed by atoms with van der Waals surface area (Å²) in [6.45, 7) is 2.80. The first-order valence-electron chi connectivity index (χ1n) is 4.83. The molecular weight excluding hydrogens is 199 g/mol. The van der Waals surface area contributed by atoms with Gasteiger partial charge in [0, 0.05) is 24.4 Å². The standard InChI is InChI=1S/C10H13FN2O2/c1-2-3-6-12-8-4-5-10(13(14)15)9(11)7-8/h4-5,7,12H,2-3,6H2,1H3. The van der Waals surface area contributed by atoms with Crippen molar-refractivity contribution < 1.29 is 9.31 Å². The maximum atomic E-state index is 13.1. The average Bonchev–Trinajstić information content (AvgIpc) is 2.17. The maximum absolute atomic E-state index is 13.1. The molecule has 0 aliphatic rings. The van der Waals surface area contributed by atoms with Crippen LogP contribution in [-0.2, 0) is 0 Å². The molecule has 0 heterocycles. The van der Waals surface area contributed by atoms with Crippen molar-refractivity contribution in [2.45, 2.75) is 19.8 Å². The van der Waals surface area contributed by atoms with Crippen molar-refractivity contribution in [2.75, 3.05) is 11.9 Å². The van der Waals surface area contributed by atoms with Gasteiger partial charge in [-0.3, -0.25) is 10.1 Å². The summed E-state index contributed by atoms with van der Waals surface area (Å²) in [5.41, 5.74) is 0.0857. The van der Waals surface area contributed by atoms with Gasteiger partial charge >= 0.3 is 5.69 Å². The Hall–Kier alpha value is -1.65. The van der Waals surface area contributed by atoms with Crippen LogP contribution in [0.1, 0.15) is 19.8 Å². The number of nitrogens with one attached hydrogen (secondary N) is 1. The molecule has 1 N–H and O–H groups in total. The second kappa shape index (κ2) is 5.29. The first-order chi connectivity index (χ1) is 7.15. The molecule has 0 fully saturated rings. The van der Waals surface area contributed by atoms with Gasteiger partial charge in [0.1, 0.15) is 0 Å². The van der Waals surface area contributed by atoms with E-state index in [1.165, 1.54) is 12.1 Å². The molecular formula is C10H13FN2O2. The van der Waals surface area contributed by atoms with Crippen molar-refractivity contribution in [1.82, 2.24) is 0 Å². The van der Waals surface area contributed by atoms with E-state index in [1.807, 2.05) is 0 Å². The molecule has 1 aromatic carbocycles. The first-order valence-corrected chi connectivity index (χ1v) is 4.83. The molecule has 1 rings (SSSR count). The van der Waals surface area contributed by atoms with Crippen LogP contribution >= 0.6 is 0 Å². The smallest absolute Gasteiger partial charge is 0.304 e. The summed E-state index contributed by atoms with van der Waals surface area (Å²) in [6, 6.07) is 3.83. The predicted octanol–water partition coefficient (Wildman–Crippen LogP) is 2.95. The van der Waals surface area contributed by atoms with Crippen molar-refractivity contribution in [1.29, 1.82) is 0 Å². The molecule has 0 aliphatic carbocycles. The van der Waals surface area contributed by atoms with Crippen molar-refractivity contribution >= 4 is 11.4 Å². The Bertz CT molecular complexity index is 355. The number of anilines is 1. The minimum Gasteiger partial charge on any atom is -0.385 e. The highest BCUT2D eigenvalue weighted by Crippen LogP contribution is 2.20. The predicted molar refractivity (Wildman–Crippen MR) is 56.5 cm³/mol. The number of nitrogens with zero attached hydrogens (tertiary/aromatic N) is 1. The Morgan fingerprint density at radius 2 is 2.27 bits per heavy atom. The molecule has 0 amide bonds. The zero-order valence-electron chi connectivity index (χ0n) is 8.50. The number of halogens is 1. The van der Waals surface area contributed by atoms with E-state index in [4.69, 9.17) is 0 Å². The third-order valence-corrected chi connectivity index (χ3v) is 2.00. The van der Waals surface area contributed by atoms with Gasteiger partial charge < -0.3 is 5.32 Å². The normalized spacial score (nSPS) is 10.0. The summed E-state index contributed by atoms with van der Waals surface area (Å²) in [5, 5.41) is 13.3. The number of nitro benzene ring substituents is 1. The summed E-state index contributed by atoms with van der Waals surface area (Å²) in [7, 11) is 0. The van der Waals surface area contributed by atoms with Crippen LogP contribution in [0, 0.1) is 15.9 Å². The minimum atomic E-state index is -0.804. The van der Waals surface area contributed by atoms with Crippen molar-refractivity contribution in [3.63, 3.8) is 0 Å². The van der Waals surface area contributed by atoms with E-state index in [0.717, 1.165) is 25.5 Å². The highest BCUT2D eigenvalue weighted by molar-refractivity contribution is 5.49. The highest BCUT2D eigenvalue weighted by atomic mass is 19.1. The van der Waals surface area contributed by atoms with E-state index in [9.17, 15) is 14.5 Å². The zero-order valence-corrected chi connectivity index (χ0v) is 8.50. The molecule has 0 aromatic heterocycles. The summed E-state index contributed by atoms with van der Waals surface area (Å²) < 4.78 is 13.1. The van der Waals surface area contributed by atoms with Crippen LogP contribution in [0.4, 0.5) is 15.8 Å². The van der Waals surface area contributed by atoms with Crippen LogP contribution in [0.25, 0.3) is 0 Å². The van der Waals surface area contributed by atoms with Gasteiger partial charge in [0.05, 0.1) is 4.92 Å². The number of benzene rings is 1. The van der Waals surface area contributed by atoms with Gasteiger partial charge in [-0.15, -0.1) is 0 Å². The van der Waals surface area contributed by atoms with Crippen molar-refractivity contribution in [3.05, 3.63) is 34.1 Å². The molecule has 0 unspecified atom stereocenters. The Kier molecular flexibility index (Phi) is 4.03. The Morgan fingerprint density at radius 3 is 2.80 bits per heavy atom. The van der Waals surface area contributed by atoms with E-state index in [0.29, 0.717) is 5.69 Å². The lowest BCUT2D eigenvalue weighted by Gasteiger charge is -2.04. The molecule has 0 aliphatic heterocycles. The maximum Gasteiger partial charge on any atom is 0.304 e. The molecule has 0 spiro atoms. The number of hydrogen-bond donors (Lipinski definition) is 1. The van der Waals surface area contributed by atoms with E-state index >= 15 is 0 Å². The van der Waals surface area contributed by atoms with Gasteiger partial charge in [-0.1, -0.05) is 13.3 Å². The molecule has 0 saturated heterocycles. The topological polar surface area (TPSA) is 55.2 Å². The second-order valence-corrected chi connectivity index (χ2v) is 3.20. The third kappa shape index (κ3) is 3.19. The fraction of sp³-hybridized carbons (Fsp3) is 0.400. The Labute approximate surface area is 87.3 Å². The Balaban J connectivity index is 2.69. The number of nitro groups is 1. The van der Waals surface area contributed by atoms with Gasteiger partial charge in [-0.25, -0.2) is 0 Å². The zero-order chi connectivity index (χ0) is 11.3. The average molecular weight is 212 g/mol. The minimum absolute atomic E-state index is 0.490. The van der Waals surface area contributed by atoms with Crippen LogP contribution in [-0.4, -0.2) is 11.5 Å². The number of unbranched alkanes of at least 4 members (excludes halogenated alkanes) is 1. The summed E-state index contributed by atoms with van der Waals surface area (Å²) in [4.78, 5) is 9.61. The lowest BCUT2D eigenvalue weighted by atomic mass is 10.2. The molecule has 1 aromatic rings. The number of hydrogen-bond acceptors (Lipinski definition) is 3. The fourth-order valence-electron chi connectivity index (χ4n) is 1.17. The molecule has 82 valence electrons. The van der Waals surface area contributed by atoms with Crippen LogP contribution in [0.3, 0.4) is 0 Å². The summed E-state index contributed by atoms with van der Waals surface area (Å²) in [5.74, 6) is -0.804.